The highest BCUT2D eigenvalue weighted by molar-refractivity contribution is 5.48. The minimum atomic E-state index is 0.00849. The molecule has 1 unspecified atom stereocenters. The molecule has 1 atom stereocenters. The Kier molecular flexibility index (Phi) is 4.59. The average Bonchev–Trinajstić information content (AvgIpc) is 2.37. The topological polar surface area (TPSA) is 18.5 Å². The van der Waals surface area contributed by atoms with E-state index in [1.54, 1.807) is 0 Å². The van der Waals surface area contributed by atoms with Crippen LogP contribution in [0.5, 0.6) is 0 Å². The minimum absolute atomic E-state index is 0.00849. The van der Waals surface area contributed by atoms with Gasteiger partial charge in [-0.25, -0.2) is 0 Å². The maximum Gasteiger partial charge on any atom is 0.157 e. The van der Waals surface area contributed by atoms with Crippen LogP contribution in [0.2, 0.25) is 0 Å². The molecule has 1 aromatic carbocycles. The van der Waals surface area contributed by atoms with Gasteiger partial charge in [0, 0.05) is 6.61 Å². The summed E-state index contributed by atoms with van der Waals surface area (Å²) in [6, 6.07) is 10.2. The van der Waals surface area contributed by atoms with Crippen molar-refractivity contribution in [1.29, 1.82) is 0 Å². The van der Waals surface area contributed by atoms with Crippen LogP contribution < -0.4 is 0 Å². The van der Waals surface area contributed by atoms with Crippen molar-refractivity contribution in [2.45, 2.75) is 25.6 Å². The third-order valence-electron chi connectivity index (χ3n) is 2.63. The Labute approximate surface area is 96.9 Å². The standard InChI is InChI=1S/C14H18O2/c1-2-7-13(8-3-1)9-6-12-16-14-10-4-5-11-15-14/h1-3,6-9,14H,4-5,10-12H2. The molecule has 1 aliphatic rings. The number of hydrogen-bond acceptors (Lipinski definition) is 2. The Bertz CT molecular complexity index is 313. The second kappa shape index (κ2) is 6.46. The normalized spacial score (nSPS) is 21.4. The van der Waals surface area contributed by atoms with Gasteiger partial charge in [0.05, 0.1) is 6.61 Å². The van der Waals surface area contributed by atoms with Gasteiger partial charge in [-0.1, -0.05) is 42.5 Å². The Morgan fingerprint density at radius 2 is 2.12 bits per heavy atom. The molecule has 1 saturated heterocycles. The first-order chi connectivity index (χ1) is 7.95. The summed E-state index contributed by atoms with van der Waals surface area (Å²) in [5.41, 5.74) is 1.20. The lowest BCUT2D eigenvalue weighted by Crippen LogP contribution is -2.22. The molecule has 0 bridgehead atoms. The van der Waals surface area contributed by atoms with Crippen LogP contribution in [-0.4, -0.2) is 19.5 Å². The van der Waals surface area contributed by atoms with Crippen molar-refractivity contribution in [3.63, 3.8) is 0 Å². The molecule has 0 aromatic heterocycles. The van der Waals surface area contributed by atoms with Gasteiger partial charge < -0.3 is 9.47 Å². The summed E-state index contributed by atoms with van der Waals surface area (Å²) < 4.78 is 11.1. The molecule has 2 heteroatoms. The summed E-state index contributed by atoms with van der Waals surface area (Å²) in [7, 11) is 0. The maximum absolute atomic E-state index is 5.60. The van der Waals surface area contributed by atoms with Crippen LogP contribution >= 0.6 is 0 Å². The molecule has 16 heavy (non-hydrogen) atoms. The summed E-state index contributed by atoms with van der Waals surface area (Å²) in [6.07, 6.45) is 7.52. The lowest BCUT2D eigenvalue weighted by Gasteiger charge is -2.21. The van der Waals surface area contributed by atoms with E-state index in [-0.39, 0.29) is 6.29 Å². The first-order valence-corrected chi connectivity index (χ1v) is 5.90. The van der Waals surface area contributed by atoms with Gasteiger partial charge in [0.25, 0.3) is 0 Å². The van der Waals surface area contributed by atoms with Crippen molar-refractivity contribution in [2.75, 3.05) is 13.2 Å². The Balaban J connectivity index is 1.69. The summed E-state index contributed by atoms with van der Waals surface area (Å²) in [5, 5.41) is 0. The fourth-order valence-corrected chi connectivity index (χ4v) is 1.75. The summed E-state index contributed by atoms with van der Waals surface area (Å²) in [4.78, 5) is 0. The molecular weight excluding hydrogens is 200 g/mol. The molecule has 0 aliphatic carbocycles. The quantitative estimate of drug-likeness (QED) is 0.772. The molecule has 0 spiro atoms. The van der Waals surface area contributed by atoms with Gasteiger partial charge in [0.1, 0.15) is 0 Å². The fraction of sp³-hybridized carbons (Fsp3) is 0.429. The molecule has 1 aromatic rings. The predicted molar refractivity (Wildman–Crippen MR) is 65.0 cm³/mol. The molecule has 1 fully saturated rings. The van der Waals surface area contributed by atoms with Gasteiger partial charge in [-0.3, -0.25) is 0 Å². The summed E-state index contributed by atoms with van der Waals surface area (Å²) in [5.74, 6) is 0. The lowest BCUT2D eigenvalue weighted by atomic mass is 10.2. The van der Waals surface area contributed by atoms with Crippen LogP contribution in [0.4, 0.5) is 0 Å². The number of ether oxygens (including phenoxy) is 2. The molecule has 2 nitrogen and oxygen atoms in total. The average molecular weight is 218 g/mol. The maximum atomic E-state index is 5.60. The van der Waals surface area contributed by atoms with Crippen molar-refractivity contribution in [3.8, 4) is 0 Å². The van der Waals surface area contributed by atoms with Gasteiger partial charge in [-0.05, 0) is 24.8 Å². The summed E-state index contributed by atoms with van der Waals surface area (Å²) >= 11 is 0. The van der Waals surface area contributed by atoms with E-state index in [1.807, 2.05) is 24.3 Å². The SMILES string of the molecule is C(=Cc1ccccc1)COC1CCCCO1. The van der Waals surface area contributed by atoms with Gasteiger partial charge in [0.15, 0.2) is 6.29 Å². The number of rotatable bonds is 4. The smallest absolute Gasteiger partial charge is 0.157 e. The van der Waals surface area contributed by atoms with Crippen molar-refractivity contribution in [3.05, 3.63) is 42.0 Å². The molecule has 0 amide bonds. The first-order valence-electron chi connectivity index (χ1n) is 5.90. The molecule has 0 saturated carbocycles. The number of hydrogen-bond donors (Lipinski definition) is 0. The zero-order chi connectivity index (χ0) is 11.1. The molecule has 2 rings (SSSR count). The van der Waals surface area contributed by atoms with E-state index < -0.39 is 0 Å². The monoisotopic (exact) mass is 218 g/mol. The zero-order valence-electron chi connectivity index (χ0n) is 9.47. The van der Waals surface area contributed by atoms with Crippen LogP contribution in [0.25, 0.3) is 6.08 Å². The van der Waals surface area contributed by atoms with Gasteiger partial charge in [0.2, 0.25) is 0 Å². The van der Waals surface area contributed by atoms with Crippen LogP contribution in [-0.2, 0) is 9.47 Å². The second-order valence-electron chi connectivity index (χ2n) is 3.94. The van der Waals surface area contributed by atoms with E-state index in [0.29, 0.717) is 6.61 Å². The largest absolute Gasteiger partial charge is 0.353 e. The van der Waals surface area contributed by atoms with E-state index in [1.165, 1.54) is 18.4 Å². The van der Waals surface area contributed by atoms with Crippen molar-refractivity contribution in [2.24, 2.45) is 0 Å². The van der Waals surface area contributed by atoms with Crippen LogP contribution in [0, 0.1) is 0 Å². The molecular formula is C14H18O2. The summed E-state index contributed by atoms with van der Waals surface area (Å²) in [6.45, 7) is 1.46. The molecule has 0 N–H and O–H groups in total. The molecule has 86 valence electrons. The van der Waals surface area contributed by atoms with Gasteiger partial charge in [-0.2, -0.15) is 0 Å². The minimum Gasteiger partial charge on any atom is -0.353 e. The van der Waals surface area contributed by atoms with E-state index in [9.17, 15) is 0 Å². The van der Waals surface area contributed by atoms with Crippen LogP contribution in [0.15, 0.2) is 36.4 Å². The van der Waals surface area contributed by atoms with Gasteiger partial charge >= 0.3 is 0 Å². The molecule has 0 radical (unpaired) electrons. The Morgan fingerprint density at radius 3 is 2.88 bits per heavy atom. The van der Waals surface area contributed by atoms with E-state index in [0.717, 1.165) is 13.0 Å². The van der Waals surface area contributed by atoms with Crippen LogP contribution in [0.3, 0.4) is 0 Å². The van der Waals surface area contributed by atoms with Crippen LogP contribution in [0.1, 0.15) is 24.8 Å². The Hall–Kier alpha value is -1.12. The molecule has 1 heterocycles. The van der Waals surface area contributed by atoms with Crippen molar-refractivity contribution in [1.82, 2.24) is 0 Å². The fourth-order valence-electron chi connectivity index (χ4n) is 1.75. The Morgan fingerprint density at radius 1 is 1.25 bits per heavy atom. The first kappa shape index (κ1) is 11.4. The zero-order valence-corrected chi connectivity index (χ0v) is 9.47. The highest BCUT2D eigenvalue weighted by Gasteiger charge is 2.12. The highest BCUT2D eigenvalue weighted by Crippen LogP contribution is 2.13. The molecule has 1 aliphatic heterocycles. The third kappa shape index (κ3) is 3.80. The lowest BCUT2D eigenvalue weighted by molar-refractivity contribution is -0.155. The van der Waals surface area contributed by atoms with Gasteiger partial charge in [-0.15, -0.1) is 0 Å². The van der Waals surface area contributed by atoms with E-state index in [2.05, 4.69) is 18.2 Å². The number of benzene rings is 1. The highest BCUT2D eigenvalue weighted by atomic mass is 16.7. The third-order valence-corrected chi connectivity index (χ3v) is 2.63. The van der Waals surface area contributed by atoms with Crippen molar-refractivity contribution >= 4 is 6.08 Å². The second-order valence-corrected chi connectivity index (χ2v) is 3.94. The van der Waals surface area contributed by atoms with E-state index >= 15 is 0 Å². The predicted octanol–water partition coefficient (Wildman–Crippen LogP) is 3.24. The van der Waals surface area contributed by atoms with Crippen molar-refractivity contribution < 1.29 is 9.47 Å². The van der Waals surface area contributed by atoms with E-state index in [4.69, 9.17) is 9.47 Å².